The van der Waals surface area contributed by atoms with Crippen LogP contribution in [-0.2, 0) is 9.47 Å². The number of nitrogens with one attached hydrogen (secondary N) is 3. The van der Waals surface area contributed by atoms with Crippen LogP contribution < -0.4 is 16.0 Å². The molecule has 0 aromatic carbocycles. The molecular formula is C25H50N4O7. The molecule has 1 atom stereocenters. The quantitative estimate of drug-likeness (QED) is 0.195. The van der Waals surface area contributed by atoms with Crippen molar-refractivity contribution in [2.45, 2.75) is 79.9 Å². The van der Waals surface area contributed by atoms with Crippen LogP contribution in [0.4, 0.5) is 14.4 Å². The molecule has 0 saturated carbocycles. The summed E-state index contributed by atoms with van der Waals surface area (Å²) in [6.07, 6.45) is -2.29. The van der Waals surface area contributed by atoms with E-state index < -0.39 is 23.9 Å². The van der Waals surface area contributed by atoms with E-state index in [4.69, 9.17) is 19.7 Å². The summed E-state index contributed by atoms with van der Waals surface area (Å²) < 4.78 is 11.9. The molecule has 11 nitrogen and oxygen atoms in total. The van der Waals surface area contributed by atoms with Gasteiger partial charge in [-0.05, 0) is 44.9 Å². The van der Waals surface area contributed by atoms with Crippen LogP contribution in [-0.4, -0.2) is 90.5 Å². The Morgan fingerprint density at radius 2 is 1.25 bits per heavy atom. The zero-order chi connectivity index (χ0) is 28.2. The number of nitrogens with zero attached hydrogens (tertiary/aromatic N) is 1. The van der Waals surface area contributed by atoms with E-state index >= 15 is 0 Å². The van der Waals surface area contributed by atoms with Crippen molar-refractivity contribution in [2.24, 2.45) is 17.3 Å². The number of alkyl carbamates (subject to hydrolysis) is 1. The Balaban J connectivity index is 4.62. The van der Waals surface area contributed by atoms with Crippen molar-refractivity contribution in [3.05, 3.63) is 0 Å². The van der Waals surface area contributed by atoms with E-state index in [9.17, 15) is 14.4 Å². The summed E-state index contributed by atoms with van der Waals surface area (Å²) in [5.41, 5.74) is -1.14. The molecule has 0 fully saturated rings. The molecule has 0 aliphatic heterocycles. The van der Waals surface area contributed by atoms with Crippen molar-refractivity contribution in [2.75, 3.05) is 45.9 Å². The van der Waals surface area contributed by atoms with Gasteiger partial charge in [-0.3, -0.25) is 4.90 Å². The maximum Gasteiger partial charge on any atom is 0.407 e. The van der Waals surface area contributed by atoms with E-state index in [0.717, 1.165) is 0 Å². The fourth-order valence-electron chi connectivity index (χ4n) is 3.75. The number of rotatable bonds is 17. The second-order valence-electron chi connectivity index (χ2n) is 11.2. The minimum atomic E-state index is -1.13. The molecule has 0 rings (SSSR count). The van der Waals surface area contributed by atoms with E-state index in [-0.39, 0.29) is 30.7 Å². The van der Waals surface area contributed by atoms with Crippen molar-refractivity contribution < 1.29 is 34.1 Å². The highest BCUT2D eigenvalue weighted by molar-refractivity contribution is 5.67. The molecule has 0 aliphatic carbocycles. The summed E-state index contributed by atoms with van der Waals surface area (Å²) in [7, 11) is 0. The lowest BCUT2D eigenvalue weighted by Crippen LogP contribution is -2.48. The predicted molar refractivity (Wildman–Crippen MR) is 139 cm³/mol. The summed E-state index contributed by atoms with van der Waals surface area (Å²) >= 11 is 0. The number of carbonyl (C=O) groups excluding carboxylic acids is 1. The van der Waals surface area contributed by atoms with Gasteiger partial charge in [-0.1, -0.05) is 34.6 Å². The highest BCUT2D eigenvalue weighted by Gasteiger charge is 2.43. The zero-order valence-electron chi connectivity index (χ0n) is 23.7. The Hall–Kier alpha value is -2.27. The maximum absolute atomic E-state index is 12.4. The summed E-state index contributed by atoms with van der Waals surface area (Å²) in [6.45, 7) is 21.3. The first-order valence-electron chi connectivity index (χ1n) is 12.7. The minimum Gasteiger partial charge on any atom is -0.465 e. The van der Waals surface area contributed by atoms with Crippen LogP contribution in [0.5, 0.6) is 0 Å². The fourth-order valence-corrected chi connectivity index (χ4v) is 3.75. The normalized spacial score (nSPS) is 13.4. The van der Waals surface area contributed by atoms with Gasteiger partial charge < -0.3 is 35.6 Å². The largest absolute Gasteiger partial charge is 0.465 e. The molecule has 3 amide bonds. The van der Waals surface area contributed by atoms with Crippen molar-refractivity contribution in [1.82, 2.24) is 20.9 Å². The van der Waals surface area contributed by atoms with E-state index in [1.165, 1.54) is 0 Å². The van der Waals surface area contributed by atoms with Crippen molar-refractivity contribution in [1.29, 1.82) is 0 Å². The van der Waals surface area contributed by atoms with Gasteiger partial charge in [0.1, 0.15) is 5.60 Å². The average molecular weight is 519 g/mol. The lowest BCUT2D eigenvalue weighted by atomic mass is 9.65. The van der Waals surface area contributed by atoms with Gasteiger partial charge in [0.05, 0.1) is 12.2 Å². The number of hydrogen-bond acceptors (Lipinski definition) is 6. The summed E-state index contributed by atoms with van der Waals surface area (Å²) in [4.78, 5) is 35.5. The van der Waals surface area contributed by atoms with Gasteiger partial charge in [0.15, 0.2) is 0 Å². The Labute approximate surface area is 216 Å². The summed E-state index contributed by atoms with van der Waals surface area (Å²) in [5.74, 6) is 0.992. The van der Waals surface area contributed by atoms with Crippen LogP contribution in [0.3, 0.4) is 0 Å². The smallest absolute Gasteiger partial charge is 0.407 e. The molecule has 212 valence electrons. The Bertz CT molecular complexity index is 676. The first kappa shape index (κ1) is 33.7. The number of hydrogen-bond donors (Lipinski definition) is 5. The van der Waals surface area contributed by atoms with Crippen LogP contribution in [0.15, 0.2) is 0 Å². The lowest BCUT2D eigenvalue weighted by molar-refractivity contribution is -0.134. The second kappa shape index (κ2) is 15.1. The Morgan fingerprint density at radius 3 is 1.67 bits per heavy atom. The van der Waals surface area contributed by atoms with E-state index in [1.807, 2.05) is 18.7 Å². The topological polar surface area (TPSA) is 149 Å². The van der Waals surface area contributed by atoms with Gasteiger partial charge in [0, 0.05) is 45.7 Å². The molecule has 0 aliphatic rings. The van der Waals surface area contributed by atoms with Crippen molar-refractivity contribution >= 4 is 18.3 Å². The third-order valence-corrected chi connectivity index (χ3v) is 7.33. The van der Waals surface area contributed by atoms with Crippen LogP contribution in [0, 0.1) is 17.3 Å². The molecule has 0 aromatic rings. The van der Waals surface area contributed by atoms with Crippen LogP contribution in [0.25, 0.3) is 0 Å². The molecule has 0 bridgehead atoms. The highest BCUT2D eigenvalue weighted by Crippen LogP contribution is 2.43. The number of carboxylic acid groups (broad SMARTS) is 2. The Morgan fingerprint density at radius 1 is 0.806 bits per heavy atom. The first-order chi connectivity index (χ1) is 16.4. The van der Waals surface area contributed by atoms with Gasteiger partial charge in [0.2, 0.25) is 0 Å². The first-order valence-corrected chi connectivity index (χ1v) is 12.7. The molecule has 0 saturated heterocycles. The highest BCUT2D eigenvalue weighted by atomic mass is 16.6. The van der Waals surface area contributed by atoms with Gasteiger partial charge in [-0.15, -0.1) is 0 Å². The summed E-state index contributed by atoms with van der Waals surface area (Å²) in [6, 6.07) is 0. The Kier molecular flexibility index (Phi) is 14.1. The molecule has 0 heterocycles. The standard InChI is InChI=1S/C25H50N4O7/c1-18(2)19(3)24(6,7)25(8,9)35-17-10-23(4,5)36-22(34)28-13-16-29(14-11-26-20(30)31)15-12-27-21(32)33/h18-19,26-27H,10-17H2,1-9H3,(H,28,34)(H,30,31)(H,32,33). The van der Waals surface area contributed by atoms with Crippen LogP contribution >= 0.6 is 0 Å². The monoisotopic (exact) mass is 518 g/mol. The molecule has 11 heteroatoms. The zero-order valence-corrected chi connectivity index (χ0v) is 23.7. The maximum atomic E-state index is 12.4. The second-order valence-corrected chi connectivity index (χ2v) is 11.2. The van der Waals surface area contributed by atoms with E-state index in [2.05, 4.69) is 64.4 Å². The minimum absolute atomic E-state index is 0.0462. The third-order valence-electron chi connectivity index (χ3n) is 7.33. The van der Waals surface area contributed by atoms with Gasteiger partial charge in [0.25, 0.3) is 0 Å². The van der Waals surface area contributed by atoms with Gasteiger partial charge >= 0.3 is 18.3 Å². The number of amides is 3. The molecule has 1 unspecified atom stereocenters. The molecule has 5 N–H and O–H groups in total. The molecular weight excluding hydrogens is 468 g/mol. The van der Waals surface area contributed by atoms with Gasteiger partial charge in [-0.2, -0.15) is 0 Å². The number of ether oxygens (including phenoxy) is 2. The predicted octanol–water partition coefficient (Wildman–Crippen LogP) is 3.83. The molecule has 0 radical (unpaired) electrons. The number of carbonyl (C=O) groups is 3. The van der Waals surface area contributed by atoms with Gasteiger partial charge in [-0.25, -0.2) is 14.4 Å². The van der Waals surface area contributed by atoms with Crippen molar-refractivity contribution in [3.8, 4) is 0 Å². The SMILES string of the molecule is CC(C)C(C)C(C)(C)C(C)(C)OCCC(C)(C)OC(=O)NCCN(CCNC(=O)O)CCNC(=O)O. The molecule has 0 spiro atoms. The van der Waals surface area contributed by atoms with E-state index in [1.54, 1.807) is 0 Å². The summed E-state index contributed by atoms with van der Waals surface area (Å²) in [5, 5.41) is 24.7. The fraction of sp³-hybridized carbons (Fsp3) is 0.880. The van der Waals surface area contributed by atoms with Crippen LogP contribution in [0.1, 0.15) is 68.7 Å². The van der Waals surface area contributed by atoms with E-state index in [0.29, 0.717) is 44.5 Å². The third kappa shape index (κ3) is 13.2. The molecule has 36 heavy (non-hydrogen) atoms. The lowest BCUT2D eigenvalue weighted by Gasteiger charge is -2.47. The molecule has 0 aromatic heterocycles. The van der Waals surface area contributed by atoms with Crippen LogP contribution in [0.2, 0.25) is 0 Å². The average Bonchev–Trinajstić information content (AvgIpc) is 2.71. The van der Waals surface area contributed by atoms with Crippen molar-refractivity contribution in [3.63, 3.8) is 0 Å².